The van der Waals surface area contributed by atoms with Crippen molar-refractivity contribution in [1.82, 2.24) is 0 Å². The molecule has 0 aliphatic rings. The smallest absolute Gasteiger partial charge is 0.00356 e. The minimum absolute atomic E-state index is 1.22. The Morgan fingerprint density at radius 1 is 1.80 bits per heavy atom. The Morgan fingerprint density at radius 3 is 2.40 bits per heavy atom. The zero-order valence-corrected chi connectivity index (χ0v) is 5.37. The summed E-state index contributed by atoms with van der Waals surface area (Å²) in [6.07, 6.45) is 3.34. The van der Waals surface area contributed by atoms with Gasteiger partial charge in [-0.1, -0.05) is 0 Å². The summed E-state index contributed by atoms with van der Waals surface area (Å²) in [4.78, 5) is 0. The van der Waals surface area contributed by atoms with Crippen LogP contribution >= 0.6 is 21.0 Å². The number of hydrogen-bond donors (Lipinski definition) is 0. The maximum absolute atomic E-state index is 2.68. The maximum atomic E-state index is 2.68. The third kappa shape index (κ3) is 4.78. The predicted molar refractivity (Wildman–Crippen MR) is 33.0 cm³/mol. The normalized spacial score (nSPS) is 8.40. The summed E-state index contributed by atoms with van der Waals surface area (Å²) in [5.41, 5.74) is 0. The number of thioether (sulfide) groups is 1. The molecule has 0 heterocycles. The molecule has 1 unspecified atom stereocenters. The fraction of sp³-hybridized carbons (Fsp3) is 1.00. The van der Waals surface area contributed by atoms with E-state index in [4.69, 9.17) is 0 Å². The summed E-state index contributed by atoms with van der Waals surface area (Å²) in [6.45, 7) is 0. The molecule has 5 heavy (non-hydrogen) atoms. The van der Waals surface area contributed by atoms with E-state index in [-0.39, 0.29) is 0 Å². The van der Waals surface area contributed by atoms with Crippen molar-refractivity contribution in [3.8, 4) is 0 Å². The van der Waals surface area contributed by atoms with Crippen LogP contribution in [-0.2, 0) is 0 Å². The third-order valence-electron chi connectivity index (χ3n) is 0.322. The summed E-state index contributed by atoms with van der Waals surface area (Å²) in [5.74, 6) is 1.27. The van der Waals surface area contributed by atoms with E-state index in [9.17, 15) is 0 Å². The highest BCUT2D eigenvalue weighted by molar-refractivity contribution is 7.98. The first-order valence-electron chi connectivity index (χ1n) is 1.61. The van der Waals surface area contributed by atoms with Crippen LogP contribution in [0.4, 0.5) is 0 Å². The van der Waals surface area contributed by atoms with E-state index in [2.05, 4.69) is 15.5 Å². The summed E-state index contributed by atoms with van der Waals surface area (Å²) in [5, 5.41) is 0. The van der Waals surface area contributed by atoms with E-state index in [1.807, 2.05) is 11.8 Å². The zero-order valence-electron chi connectivity index (χ0n) is 3.40. The van der Waals surface area contributed by atoms with E-state index < -0.39 is 0 Å². The molecule has 0 radical (unpaired) electrons. The molecule has 0 nitrogen and oxygen atoms in total. The highest BCUT2D eigenvalue weighted by Gasteiger charge is 1.67. The van der Waals surface area contributed by atoms with Crippen LogP contribution in [0.1, 0.15) is 0 Å². The van der Waals surface area contributed by atoms with Crippen LogP contribution in [0, 0.1) is 0 Å². The Labute approximate surface area is 39.9 Å². The van der Waals surface area contributed by atoms with Crippen molar-refractivity contribution in [3.63, 3.8) is 0 Å². The standard InChI is InChI=1S/C3H9PS/c1-5-3-2-4/h2-4H2,1H3. The number of rotatable bonds is 2. The molecule has 0 fully saturated rings. The summed E-state index contributed by atoms with van der Waals surface area (Å²) in [7, 11) is 2.68. The van der Waals surface area contributed by atoms with Gasteiger partial charge in [0.15, 0.2) is 0 Å². The second-order valence-corrected chi connectivity index (χ2v) is 2.34. The van der Waals surface area contributed by atoms with Crippen molar-refractivity contribution in [1.29, 1.82) is 0 Å². The van der Waals surface area contributed by atoms with Gasteiger partial charge in [0.25, 0.3) is 0 Å². The Morgan fingerprint density at radius 2 is 2.40 bits per heavy atom. The quantitative estimate of drug-likeness (QED) is 0.479. The van der Waals surface area contributed by atoms with Crippen LogP contribution in [0.5, 0.6) is 0 Å². The molecule has 0 saturated carbocycles. The Bertz CT molecular complexity index is 14.4. The van der Waals surface area contributed by atoms with Crippen LogP contribution in [-0.4, -0.2) is 18.2 Å². The van der Waals surface area contributed by atoms with Crippen LogP contribution < -0.4 is 0 Å². The molecule has 0 aromatic heterocycles. The average Bonchev–Trinajstić information content (AvgIpc) is 1.41. The second-order valence-electron chi connectivity index (χ2n) is 0.781. The van der Waals surface area contributed by atoms with Crippen molar-refractivity contribution in [2.75, 3.05) is 18.2 Å². The molecule has 0 aliphatic carbocycles. The van der Waals surface area contributed by atoms with Crippen molar-refractivity contribution in [2.45, 2.75) is 0 Å². The zero-order chi connectivity index (χ0) is 4.12. The average molecular weight is 108 g/mol. The lowest BCUT2D eigenvalue weighted by Gasteiger charge is -1.80. The van der Waals surface area contributed by atoms with Gasteiger partial charge in [0, 0.05) is 0 Å². The molecule has 32 valence electrons. The van der Waals surface area contributed by atoms with E-state index in [1.54, 1.807) is 0 Å². The van der Waals surface area contributed by atoms with Gasteiger partial charge in [-0.2, -0.15) is 11.8 Å². The Hall–Kier alpha value is 0.780. The monoisotopic (exact) mass is 108 g/mol. The van der Waals surface area contributed by atoms with Gasteiger partial charge in [-0.3, -0.25) is 0 Å². The minimum Gasteiger partial charge on any atom is -0.165 e. The van der Waals surface area contributed by atoms with Gasteiger partial charge in [0.05, 0.1) is 0 Å². The van der Waals surface area contributed by atoms with Crippen LogP contribution in [0.15, 0.2) is 0 Å². The molecule has 0 spiro atoms. The molecule has 0 aliphatic heterocycles. The maximum Gasteiger partial charge on any atom is -0.00356 e. The molecule has 0 bridgehead atoms. The molecule has 1 atom stereocenters. The first-order chi connectivity index (χ1) is 2.41. The highest BCUT2D eigenvalue weighted by Crippen LogP contribution is 1.92. The van der Waals surface area contributed by atoms with Gasteiger partial charge < -0.3 is 0 Å². The predicted octanol–water partition coefficient (Wildman–Crippen LogP) is 1.22. The minimum atomic E-state index is 1.22. The van der Waals surface area contributed by atoms with Crippen molar-refractivity contribution < 1.29 is 0 Å². The van der Waals surface area contributed by atoms with Gasteiger partial charge in [-0.05, 0) is 18.2 Å². The molecule has 0 N–H and O–H groups in total. The molecular formula is C3H9PS. The van der Waals surface area contributed by atoms with Gasteiger partial charge in [0.2, 0.25) is 0 Å². The molecule has 0 rings (SSSR count). The lowest BCUT2D eigenvalue weighted by atomic mass is 11.0. The molecule has 2 heteroatoms. The first-order valence-corrected chi connectivity index (χ1v) is 3.82. The summed E-state index contributed by atoms with van der Waals surface area (Å²) in [6, 6.07) is 0. The molecule has 0 aromatic rings. The first kappa shape index (κ1) is 5.78. The molecular weight excluding hydrogens is 99.1 g/mol. The van der Waals surface area contributed by atoms with Gasteiger partial charge in [-0.15, -0.1) is 9.24 Å². The van der Waals surface area contributed by atoms with Gasteiger partial charge >= 0.3 is 0 Å². The van der Waals surface area contributed by atoms with Crippen LogP contribution in [0.3, 0.4) is 0 Å². The van der Waals surface area contributed by atoms with Crippen molar-refractivity contribution in [2.24, 2.45) is 0 Å². The Balaban J connectivity index is 2.19. The lowest BCUT2D eigenvalue weighted by Crippen LogP contribution is -1.70. The van der Waals surface area contributed by atoms with Crippen LogP contribution in [0.2, 0.25) is 0 Å². The molecule has 0 amide bonds. The van der Waals surface area contributed by atoms with E-state index in [0.29, 0.717) is 0 Å². The van der Waals surface area contributed by atoms with Crippen LogP contribution in [0.25, 0.3) is 0 Å². The third-order valence-corrected chi connectivity index (χ3v) is 1.67. The van der Waals surface area contributed by atoms with E-state index >= 15 is 0 Å². The Kier molecular flexibility index (Phi) is 5.53. The van der Waals surface area contributed by atoms with Gasteiger partial charge in [-0.25, -0.2) is 0 Å². The summed E-state index contributed by atoms with van der Waals surface area (Å²) >= 11 is 1.88. The highest BCUT2D eigenvalue weighted by atomic mass is 32.2. The SMILES string of the molecule is CSCCP. The van der Waals surface area contributed by atoms with Gasteiger partial charge in [0.1, 0.15) is 0 Å². The molecule has 0 saturated heterocycles. The summed E-state index contributed by atoms with van der Waals surface area (Å²) < 4.78 is 0. The van der Waals surface area contributed by atoms with Crippen molar-refractivity contribution in [3.05, 3.63) is 0 Å². The lowest BCUT2D eigenvalue weighted by molar-refractivity contribution is 1.56. The van der Waals surface area contributed by atoms with E-state index in [1.165, 1.54) is 11.9 Å². The number of hydrogen-bond acceptors (Lipinski definition) is 1. The van der Waals surface area contributed by atoms with Crippen molar-refractivity contribution >= 4 is 21.0 Å². The topological polar surface area (TPSA) is 0 Å². The largest absolute Gasteiger partial charge is 0.165 e. The fourth-order valence-corrected chi connectivity index (χ4v) is 1.06. The molecule has 0 aromatic carbocycles. The van der Waals surface area contributed by atoms with E-state index in [0.717, 1.165) is 0 Å². The second kappa shape index (κ2) is 4.78. The fourth-order valence-electron chi connectivity index (χ4n) is 0.118.